The lowest BCUT2D eigenvalue weighted by Crippen LogP contribution is -2.40. The molecule has 1 unspecified atom stereocenters. The number of phenolic OH excluding ortho intramolecular Hbond substituents is 1. The summed E-state index contributed by atoms with van der Waals surface area (Å²) in [6.07, 6.45) is 0. The lowest BCUT2D eigenvalue weighted by atomic mass is 10.1. The molecule has 1 amide bonds. The number of rotatable bonds is 4. The highest BCUT2D eigenvalue weighted by atomic mass is 127. The quantitative estimate of drug-likeness (QED) is 0.647. The topological polar surface area (TPSA) is 49.3 Å². The zero-order valence-electron chi connectivity index (χ0n) is 9.71. The van der Waals surface area contributed by atoms with Gasteiger partial charge in [0.2, 0.25) is 0 Å². The summed E-state index contributed by atoms with van der Waals surface area (Å²) in [6.45, 7) is 3.95. The third kappa shape index (κ3) is 3.55. The van der Waals surface area contributed by atoms with Crippen molar-refractivity contribution in [3.63, 3.8) is 0 Å². The van der Waals surface area contributed by atoms with Crippen LogP contribution < -0.4 is 5.32 Å². The molecule has 0 radical (unpaired) electrons. The lowest BCUT2D eigenvalue weighted by molar-refractivity contribution is 0.0925. The van der Waals surface area contributed by atoms with Crippen LogP contribution in [0.2, 0.25) is 0 Å². The van der Waals surface area contributed by atoms with Crippen molar-refractivity contribution in [3.05, 3.63) is 29.6 Å². The zero-order valence-corrected chi connectivity index (χ0v) is 11.9. The lowest BCUT2D eigenvalue weighted by Gasteiger charge is -2.20. The van der Waals surface area contributed by atoms with Gasteiger partial charge in [0.15, 0.2) is 0 Å². The molecule has 1 aromatic carbocycles. The highest BCUT2D eigenvalue weighted by Crippen LogP contribution is 2.20. The third-order valence-electron chi connectivity index (χ3n) is 2.51. The highest BCUT2D eigenvalue weighted by Gasteiger charge is 2.20. The largest absolute Gasteiger partial charge is 0.507 e. The van der Waals surface area contributed by atoms with Crippen LogP contribution in [0.25, 0.3) is 0 Å². The molecule has 1 rings (SSSR count). The van der Waals surface area contributed by atoms with Gasteiger partial charge in [0.25, 0.3) is 5.91 Å². The van der Waals surface area contributed by atoms with Gasteiger partial charge in [0, 0.05) is 10.5 Å². The van der Waals surface area contributed by atoms with E-state index in [9.17, 15) is 14.3 Å². The van der Waals surface area contributed by atoms with Crippen LogP contribution in [0.1, 0.15) is 24.2 Å². The van der Waals surface area contributed by atoms with E-state index < -0.39 is 11.7 Å². The van der Waals surface area contributed by atoms with Crippen LogP contribution in [0.15, 0.2) is 18.2 Å². The summed E-state index contributed by atoms with van der Waals surface area (Å²) in [7, 11) is 0. The molecule has 1 aromatic rings. The first-order valence-electron chi connectivity index (χ1n) is 5.31. The second-order valence-corrected chi connectivity index (χ2v) is 4.99. The van der Waals surface area contributed by atoms with Crippen molar-refractivity contribution in [2.24, 2.45) is 5.92 Å². The molecule has 0 aromatic heterocycles. The number of hydrogen-bond donors (Lipinski definition) is 2. The third-order valence-corrected chi connectivity index (χ3v) is 3.46. The fourth-order valence-corrected chi connectivity index (χ4v) is 2.60. The molecule has 0 fully saturated rings. The molecule has 0 saturated carbocycles. The summed E-state index contributed by atoms with van der Waals surface area (Å²) in [5.74, 6) is -1.36. The molecule has 0 heterocycles. The minimum atomic E-state index is -0.710. The maximum atomic E-state index is 13.4. The first kappa shape index (κ1) is 14.2. The first-order valence-corrected chi connectivity index (χ1v) is 6.84. The summed E-state index contributed by atoms with van der Waals surface area (Å²) >= 11 is 2.16. The number of carbonyl (C=O) groups is 1. The maximum absolute atomic E-state index is 13.4. The van der Waals surface area contributed by atoms with Crippen molar-refractivity contribution in [1.82, 2.24) is 5.32 Å². The predicted octanol–water partition coefficient (Wildman–Crippen LogP) is 2.72. The Bertz CT molecular complexity index is 389. The Hall–Kier alpha value is -0.850. The standard InChI is InChI=1S/C12H15FINO2/c1-7(2)9(6-14)15-12(17)11-8(13)4-3-5-10(11)16/h3-5,7,9,16H,6H2,1-2H3,(H,15,17). The van der Waals surface area contributed by atoms with Gasteiger partial charge in [-0.05, 0) is 18.1 Å². The summed E-state index contributed by atoms with van der Waals surface area (Å²) in [5.41, 5.74) is -0.289. The van der Waals surface area contributed by atoms with E-state index in [1.807, 2.05) is 13.8 Å². The second-order valence-electron chi connectivity index (χ2n) is 4.11. The first-order chi connectivity index (χ1) is 7.97. The number of amides is 1. The Labute approximate surface area is 114 Å². The average molecular weight is 351 g/mol. The van der Waals surface area contributed by atoms with Crippen LogP contribution in [-0.2, 0) is 0 Å². The molecular formula is C12H15FINO2. The van der Waals surface area contributed by atoms with E-state index in [-0.39, 0.29) is 23.3 Å². The Morgan fingerprint density at radius 3 is 2.65 bits per heavy atom. The Kier molecular flexibility index (Phi) is 5.17. The van der Waals surface area contributed by atoms with Crippen molar-refractivity contribution in [2.75, 3.05) is 4.43 Å². The molecule has 0 bridgehead atoms. The van der Waals surface area contributed by atoms with E-state index in [0.717, 1.165) is 10.5 Å². The monoisotopic (exact) mass is 351 g/mol. The van der Waals surface area contributed by atoms with Gasteiger partial charge in [0.1, 0.15) is 17.1 Å². The second kappa shape index (κ2) is 6.18. The van der Waals surface area contributed by atoms with E-state index in [1.54, 1.807) is 0 Å². The van der Waals surface area contributed by atoms with Crippen molar-refractivity contribution in [2.45, 2.75) is 19.9 Å². The minimum Gasteiger partial charge on any atom is -0.507 e. The normalized spacial score (nSPS) is 12.5. The number of aromatic hydroxyl groups is 1. The Morgan fingerprint density at radius 1 is 1.53 bits per heavy atom. The highest BCUT2D eigenvalue weighted by molar-refractivity contribution is 14.1. The SMILES string of the molecule is CC(C)C(CI)NC(=O)c1c(O)cccc1F. The molecule has 17 heavy (non-hydrogen) atoms. The molecule has 0 aliphatic rings. The number of nitrogens with one attached hydrogen (secondary N) is 1. The number of benzene rings is 1. The minimum absolute atomic E-state index is 0.0397. The summed E-state index contributed by atoms with van der Waals surface area (Å²) < 4.78 is 14.2. The van der Waals surface area contributed by atoms with Gasteiger partial charge in [-0.25, -0.2) is 4.39 Å². The van der Waals surface area contributed by atoms with Crippen molar-refractivity contribution >= 4 is 28.5 Å². The van der Waals surface area contributed by atoms with Crippen LogP contribution in [-0.4, -0.2) is 21.5 Å². The van der Waals surface area contributed by atoms with Crippen LogP contribution in [0.4, 0.5) is 4.39 Å². The van der Waals surface area contributed by atoms with Crippen LogP contribution in [0, 0.1) is 11.7 Å². The van der Waals surface area contributed by atoms with E-state index in [1.165, 1.54) is 12.1 Å². The smallest absolute Gasteiger partial charge is 0.258 e. The van der Waals surface area contributed by atoms with E-state index >= 15 is 0 Å². The number of hydrogen-bond acceptors (Lipinski definition) is 2. The maximum Gasteiger partial charge on any atom is 0.258 e. The van der Waals surface area contributed by atoms with Crippen LogP contribution >= 0.6 is 22.6 Å². The van der Waals surface area contributed by atoms with Gasteiger partial charge < -0.3 is 10.4 Å². The van der Waals surface area contributed by atoms with Gasteiger partial charge in [-0.3, -0.25) is 4.79 Å². The van der Waals surface area contributed by atoms with Gasteiger partial charge in [0.05, 0.1) is 0 Å². The fourth-order valence-electron chi connectivity index (χ4n) is 1.36. The average Bonchev–Trinajstić information content (AvgIpc) is 2.25. The van der Waals surface area contributed by atoms with E-state index in [2.05, 4.69) is 27.9 Å². The Balaban J connectivity index is 2.90. The number of carbonyl (C=O) groups excluding carboxylic acids is 1. The molecule has 3 nitrogen and oxygen atoms in total. The molecule has 1 atom stereocenters. The molecule has 0 spiro atoms. The molecule has 2 N–H and O–H groups in total. The van der Waals surface area contributed by atoms with Gasteiger partial charge in [-0.15, -0.1) is 0 Å². The van der Waals surface area contributed by atoms with E-state index in [4.69, 9.17) is 0 Å². The van der Waals surface area contributed by atoms with Crippen molar-refractivity contribution in [3.8, 4) is 5.75 Å². The molecule has 0 aliphatic heterocycles. The summed E-state index contributed by atoms with van der Waals surface area (Å²) in [5, 5.41) is 12.2. The van der Waals surface area contributed by atoms with Crippen LogP contribution in [0.5, 0.6) is 5.75 Å². The van der Waals surface area contributed by atoms with Gasteiger partial charge in [-0.2, -0.15) is 0 Å². The van der Waals surface area contributed by atoms with Crippen molar-refractivity contribution < 1.29 is 14.3 Å². The van der Waals surface area contributed by atoms with E-state index in [0.29, 0.717) is 0 Å². The molecule has 0 saturated heterocycles. The number of halogens is 2. The van der Waals surface area contributed by atoms with Crippen LogP contribution in [0.3, 0.4) is 0 Å². The molecular weight excluding hydrogens is 336 g/mol. The molecule has 5 heteroatoms. The van der Waals surface area contributed by atoms with Crippen molar-refractivity contribution in [1.29, 1.82) is 0 Å². The fraction of sp³-hybridized carbons (Fsp3) is 0.417. The van der Waals surface area contributed by atoms with Gasteiger partial charge in [-0.1, -0.05) is 42.5 Å². The molecule has 94 valence electrons. The number of phenols is 1. The zero-order chi connectivity index (χ0) is 13.0. The Morgan fingerprint density at radius 2 is 2.18 bits per heavy atom. The predicted molar refractivity (Wildman–Crippen MR) is 73.0 cm³/mol. The summed E-state index contributed by atoms with van der Waals surface area (Å²) in [6, 6.07) is 3.77. The summed E-state index contributed by atoms with van der Waals surface area (Å²) in [4.78, 5) is 11.8. The number of alkyl halides is 1. The molecule has 0 aliphatic carbocycles. The van der Waals surface area contributed by atoms with Gasteiger partial charge >= 0.3 is 0 Å².